The fourth-order valence-corrected chi connectivity index (χ4v) is 3.65. The number of likely N-dealkylation sites (tertiary alicyclic amines) is 1. The third kappa shape index (κ3) is 4.52. The number of alkyl halides is 3. The molecule has 2 aliphatic heterocycles. The van der Waals surface area contributed by atoms with Crippen molar-refractivity contribution in [1.82, 2.24) is 24.5 Å². The minimum Gasteiger partial charge on any atom is -0.332 e. The number of carbonyl (C=O) groups excluding carboxylic acids is 1. The summed E-state index contributed by atoms with van der Waals surface area (Å²) in [4.78, 5) is 17.7. The summed E-state index contributed by atoms with van der Waals surface area (Å²) in [5.74, 6) is -0.372. The highest BCUT2D eigenvalue weighted by molar-refractivity contribution is 5.82. The van der Waals surface area contributed by atoms with Crippen molar-refractivity contribution in [2.24, 2.45) is 7.05 Å². The van der Waals surface area contributed by atoms with Gasteiger partial charge in [-0.25, -0.2) is 0 Å². The SMILES string of the molecule is Cn1nccc1CN1CCN([C@H]2CCCN(CC(F)(F)F)C2=O)CC1. The zero-order chi connectivity index (χ0) is 18.0. The van der Waals surface area contributed by atoms with Gasteiger partial charge in [-0.1, -0.05) is 0 Å². The molecule has 2 fully saturated rings. The van der Waals surface area contributed by atoms with E-state index in [1.54, 1.807) is 6.20 Å². The Morgan fingerprint density at radius 2 is 1.92 bits per heavy atom. The van der Waals surface area contributed by atoms with Gasteiger partial charge in [0.2, 0.25) is 5.91 Å². The second kappa shape index (κ2) is 7.33. The number of carbonyl (C=O) groups is 1. The number of rotatable bonds is 4. The molecule has 0 spiro atoms. The maximum Gasteiger partial charge on any atom is 0.406 e. The van der Waals surface area contributed by atoms with Crippen LogP contribution < -0.4 is 0 Å². The molecule has 0 aliphatic carbocycles. The molecule has 9 heteroatoms. The van der Waals surface area contributed by atoms with Crippen molar-refractivity contribution in [2.75, 3.05) is 39.3 Å². The topological polar surface area (TPSA) is 44.6 Å². The molecule has 140 valence electrons. The predicted octanol–water partition coefficient (Wildman–Crippen LogP) is 1.09. The number of piperazine rings is 1. The van der Waals surface area contributed by atoms with Gasteiger partial charge in [0.15, 0.2) is 0 Å². The molecule has 0 saturated carbocycles. The lowest BCUT2D eigenvalue weighted by molar-refractivity contribution is -0.168. The molecular formula is C16H24F3N5O. The number of piperidine rings is 1. The van der Waals surface area contributed by atoms with E-state index in [9.17, 15) is 18.0 Å². The number of hydrogen-bond donors (Lipinski definition) is 0. The molecule has 3 heterocycles. The van der Waals surface area contributed by atoms with Gasteiger partial charge in [0.05, 0.1) is 11.7 Å². The first kappa shape index (κ1) is 18.2. The summed E-state index contributed by atoms with van der Waals surface area (Å²) in [6.45, 7) is 2.87. The number of aromatic nitrogens is 2. The van der Waals surface area contributed by atoms with Crippen molar-refractivity contribution in [3.63, 3.8) is 0 Å². The predicted molar refractivity (Wildman–Crippen MR) is 85.7 cm³/mol. The minimum atomic E-state index is -4.33. The number of hydrogen-bond acceptors (Lipinski definition) is 4. The first-order chi connectivity index (χ1) is 11.8. The van der Waals surface area contributed by atoms with E-state index >= 15 is 0 Å². The standard InChI is InChI=1S/C16H24F3N5O/c1-21-13(4-5-20-21)11-22-7-9-23(10-8-22)14-3-2-6-24(15(14)25)12-16(17,18)19/h4-5,14H,2-3,6-12H2,1H3/t14-/m0/s1. The minimum absolute atomic E-state index is 0.204. The van der Waals surface area contributed by atoms with Crippen LogP contribution in [0.2, 0.25) is 0 Å². The summed E-state index contributed by atoms with van der Waals surface area (Å²) in [6.07, 6.45) is -1.29. The molecule has 1 atom stereocenters. The quantitative estimate of drug-likeness (QED) is 0.807. The van der Waals surface area contributed by atoms with Crippen LogP contribution in [0.1, 0.15) is 18.5 Å². The number of halogens is 3. The molecule has 25 heavy (non-hydrogen) atoms. The number of amides is 1. The van der Waals surface area contributed by atoms with Crippen LogP contribution in [0, 0.1) is 0 Å². The Labute approximate surface area is 145 Å². The Hall–Kier alpha value is -1.61. The van der Waals surface area contributed by atoms with Crippen LogP contribution >= 0.6 is 0 Å². The summed E-state index contributed by atoms with van der Waals surface area (Å²) >= 11 is 0. The third-order valence-electron chi connectivity index (χ3n) is 5.03. The van der Waals surface area contributed by atoms with Gasteiger partial charge < -0.3 is 4.90 Å². The van der Waals surface area contributed by atoms with E-state index in [1.165, 1.54) is 0 Å². The Balaban J connectivity index is 1.53. The Kier molecular flexibility index (Phi) is 5.33. The molecule has 0 radical (unpaired) electrons. The molecule has 0 unspecified atom stereocenters. The van der Waals surface area contributed by atoms with Gasteiger partial charge in [0.1, 0.15) is 6.54 Å². The van der Waals surface area contributed by atoms with Crippen LogP contribution in [-0.2, 0) is 18.4 Å². The molecule has 0 aromatic carbocycles. The summed E-state index contributed by atoms with van der Waals surface area (Å²) < 4.78 is 39.7. The number of nitrogens with zero attached hydrogens (tertiary/aromatic N) is 5. The third-order valence-corrected chi connectivity index (χ3v) is 5.03. The molecule has 1 aromatic rings. The zero-order valence-corrected chi connectivity index (χ0v) is 14.4. The first-order valence-electron chi connectivity index (χ1n) is 8.62. The van der Waals surface area contributed by atoms with Crippen molar-refractivity contribution < 1.29 is 18.0 Å². The second-order valence-corrected chi connectivity index (χ2v) is 6.79. The molecule has 6 nitrogen and oxygen atoms in total. The monoisotopic (exact) mass is 359 g/mol. The summed E-state index contributed by atoms with van der Waals surface area (Å²) in [5, 5.41) is 4.16. The average molecular weight is 359 g/mol. The summed E-state index contributed by atoms with van der Waals surface area (Å²) in [6, 6.07) is 1.57. The van der Waals surface area contributed by atoms with E-state index < -0.39 is 18.8 Å². The smallest absolute Gasteiger partial charge is 0.332 e. The lowest BCUT2D eigenvalue weighted by Crippen LogP contribution is -2.58. The van der Waals surface area contributed by atoms with E-state index in [4.69, 9.17) is 0 Å². The Bertz CT molecular complexity index is 595. The highest BCUT2D eigenvalue weighted by atomic mass is 19.4. The lowest BCUT2D eigenvalue weighted by atomic mass is 10.0. The van der Waals surface area contributed by atoms with E-state index in [0.717, 1.165) is 30.2 Å². The maximum atomic E-state index is 12.6. The molecule has 1 aromatic heterocycles. The lowest BCUT2D eigenvalue weighted by Gasteiger charge is -2.42. The van der Waals surface area contributed by atoms with Gasteiger partial charge in [-0.2, -0.15) is 18.3 Å². The second-order valence-electron chi connectivity index (χ2n) is 6.79. The molecule has 2 aliphatic rings. The number of aryl methyl sites for hydroxylation is 1. The van der Waals surface area contributed by atoms with Gasteiger partial charge in [-0.3, -0.25) is 19.3 Å². The van der Waals surface area contributed by atoms with Crippen molar-refractivity contribution in [3.8, 4) is 0 Å². The molecule has 2 saturated heterocycles. The van der Waals surface area contributed by atoms with Crippen LogP contribution in [0.4, 0.5) is 13.2 Å². The maximum absolute atomic E-state index is 12.6. The molecule has 0 N–H and O–H groups in total. The highest BCUT2D eigenvalue weighted by Gasteiger charge is 2.39. The van der Waals surface area contributed by atoms with Gasteiger partial charge >= 0.3 is 6.18 Å². The Morgan fingerprint density at radius 3 is 2.52 bits per heavy atom. The highest BCUT2D eigenvalue weighted by Crippen LogP contribution is 2.24. The fraction of sp³-hybridized carbons (Fsp3) is 0.750. The first-order valence-corrected chi connectivity index (χ1v) is 8.62. The van der Waals surface area contributed by atoms with Crippen molar-refractivity contribution in [1.29, 1.82) is 0 Å². The molecule has 1 amide bonds. The normalized spacial score (nSPS) is 24.1. The van der Waals surface area contributed by atoms with Gasteiger partial charge in [0.25, 0.3) is 0 Å². The Morgan fingerprint density at radius 1 is 1.20 bits per heavy atom. The zero-order valence-electron chi connectivity index (χ0n) is 14.4. The molecule has 0 bridgehead atoms. The van der Waals surface area contributed by atoms with Gasteiger partial charge in [-0.15, -0.1) is 0 Å². The van der Waals surface area contributed by atoms with E-state index in [0.29, 0.717) is 25.9 Å². The summed E-state index contributed by atoms with van der Waals surface area (Å²) in [7, 11) is 1.90. The van der Waals surface area contributed by atoms with Crippen molar-refractivity contribution in [2.45, 2.75) is 31.6 Å². The fourth-order valence-electron chi connectivity index (χ4n) is 3.65. The van der Waals surface area contributed by atoms with Gasteiger partial charge in [0, 0.05) is 52.5 Å². The molecular weight excluding hydrogens is 335 g/mol. The van der Waals surface area contributed by atoms with Crippen LogP contribution in [0.25, 0.3) is 0 Å². The molecule has 3 rings (SSSR count). The summed E-state index contributed by atoms with van der Waals surface area (Å²) in [5.41, 5.74) is 1.12. The van der Waals surface area contributed by atoms with Crippen molar-refractivity contribution >= 4 is 5.91 Å². The van der Waals surface area contributed by atoms with E-state index in [-0.39, 0.29) is 12.5 Å². The largest absolute Gasteiger partial charge is 0.406 e. The van der Waals surface area contributed by atoms with Crippen LogP contribution in [0.3, 0.4) is 0 Å². The van der Waals surface area contributed by atoms with E-state index in [1.807, 2.05) is 22.7 Å². The van der Waals surface area contributed by atoms with Crippen LogP contribution in [0.15, 0.2) is 12.3 Å². The van der Waals surface area contributed by atoms with E-state index in [2.05, 4.69) is 10.00 Å². The van der Waals surface area contributed by atoms with Crippen LogP contribution in [-0.4, -0.2) is 81.9 Å². The van der Waals surface area contributed by atoms with Gasteiger partial charge in [-0.05, 0) is 18.9 Å². The van der Waals surface area contributed by atoms with Crippen LogP contribution in [0.5, 0.6) is 0 Å². The van der Waals surface area contributed by atoms with Crippen molar-refractivity contribution in [3.05, 3.63) is 18.0 Å². The average Bonchev–Trinajstić information content (AvgIpc) is 2.94.